The Morgan fingerprint density at radius 3 is 2.67 bits per heavy atom. The zero-order valence-corrected chi connectivity index (χ0v) is 9.88. The van der Waals surface area contributed by atoms with Crippen molar-refractivity contribution in [3.63, 3.8) is 0 Å². The summed E-state index contributed by atoms with van der Waals surface area (Å²) >= 11 is 0. The molecule has 15 heavy (non-hydrogen) atoms. The van der Waals surface area contributed by atoms with Crippen LogP contribution in [-0.4, -0.2) is 38.3 Å². The summed E-state index contributed by atoms with van der Waals surface area (Å²) in [5.74, 6) is 0.597. The van der Waals surface area contributed by atoms with Crippen LogP contribution in [0.25, 0.3) is 0 Å². The van der Waals surface area contributed by atoms with Gasteiger partial charge in [0.1, 0.15) is 0 Å². The van der Waals surface area contributed by atoms with Crippen LogP contribution in [0.3, 0.4) is 0 Å². The molecule has 0 heterocycles. The average Bonchev–Trinajstić information content (AvgIpc) is 2.12. The Morgan fingerprint density at radius 2 is 2.13 bits per heavy atom. The van der Waals surface area contributed by atoms with Gasteiger partial charge in [0.25, 0.3) is 0 Å². The molecule has 0 aromatic carbocycles. The molecule has 0 aliphatic heterocycles. The van der Waals surface area contributed by atoms with E-state index in [1.54, 1.807) is 7.11 Å². The summed E-state index contributed by atoms with van der Waals surface area (Å²) in [4.78, 5) is 11.3. The summed E-state index contributed by atoms with van der Waals surface area (Å²) in [6.45, 7) is 5.35. The van der Waals surface area contributed by atoms with Gasteiger partial charge in [-0.25, -0.2) is 0 Å². The molecule has 0 atom stereocenters. The maximum absolute atomic E-state index is 11.3. The van der Waals surface area contributed by atoms with Crippen LogP contribution in [0.5, 0.6) is 0 Å². The van der Waals surface area contributed by atoms with Crippen LogP contribution in [-0.2, 0) is 9.53 Å². The highest BCUT2D eigenvalue weighted by Gasteiger charge is 2.28. The van der Waals surface area contributed by atoms with Gasteiger partial charge in [0, 0.05) is 19.7 Å². The van der Waals surface area contributed by atoms with Crippen molar-refractivity contribution < 1.29 is 9.53 Å². The Labute approximate surface area is 91.8 Å². The van der Waals surface area contributed by atoms with E-state index >= 15 is 0 Å². The summed E-state index contributed by atoms with van der Waals surface area (Å²) in [7, 11) is 1.73. The van der Waals surface area contributed by atoms with Gasteiger partial charge in [-0.05, 0) is 18.8 Å². The number of methoxy groups -OCH3 is 1. The molecule has 4 nitrogen and oxygen atoms in total. The predicted octanol–water partition coefficient (Wildman–Crippen LogP) is 0.526. The number of amides is 1. The van der Waals surface area contributed by atoms with Crippen molar-refractivity contribution in [3.05, 3.63) is 0 Å². The normalized spacial score (nSPS) is 25.1. The topological polar surface area (TPSA) is 50.4 Å². The molecule has 1 aliphatic carbocycles. The largest absolute Gasteiger partial charge is 0.381 e. The highest BCUT2D eigenvalue weighted by Crippen LogP contribution is 2.21. The molecule has 1 amide bonds. The molecule has 1 rings (SSSR count). The Hall–Kier alpha value is -0.610. The van der Waals surface area contributed by atoms with E-state index in [4.69, 9.17) is 4.74 Å². The van der Waals surface area contributed by atoms with Gasteiger partial charge in [-0.3, -0.25) is 4.79 Å². The predicted molar refractivity (Wildman–Crippen MR) is 59.7 cm³/mol. The van der Waals surface area contributed by atoms with Crippen LogP contribution in [0, 0.1) is 5.92 Å². The minimum Gasteiger partial charge on any atom is -0.381 e. The fourth-order valence-corrected chi connectivity index (χ4v) is 1.54. The van der Waals surface area contributed by atoms with E-state index in [0.717, 1.165) is 19.4 Å². The highest BCUT2D eigenvalue weighted by molar-refractivity contribution is 5.78. The number of rotatable bonds is 6. The maximum atomic E-state index is 11.3. The average molecular weight is 214 g/mol. The summed E-state index contributed by atoms with van der Waals surface area (Å²) < 4.78 is 5.16. The maximum Gasteiger partial charge on any atom is 0.233 e. The van der Waals surface area contributed by atoms with Crippen molar-refractivity contribution in [3.8, 4) is 0 Å². The lowest BCUT2D eigenvalue weighted by atomic mass is 9.89. The van der Waals surface area contributed by atoms with Crippen molar-refractivity contribution in [2.24, 2.45) is 5.92 Å². The SMILES string of the molecule is COC1CC(NCC(=O)NCC(C)C)C1. The first kappa shape index (κ1) is 12.5. The van der Waals surface area contributed by atoms with Crippen LogP contribution in [0.15, 0.2) is 0 Å². The number of hydrogen-bond donors (Lipinski definition) is 2. The number of carbonyl (C=O) groups excluding carboxylic acids is 1. The van der Waals surface area contributed by atoms with Gasteiger partial charge in [0.05, 0.1) is 12.6 Å². The molecule has 0 saturated heterocycles. The first-order valence-corrected chi connectivity index (χ1v) is 5.64. The van der Waals surface area contributed by atoms with Crippen LogP contribution >= 0.6 is 0 Å². The van der Waals surface area contributed by atoms with Gasteiger partial charge in [-0.1, -0.05) is 13.8 Å². The summed E-state index contributed by atoms with van der Waals surface area (Å²) in [6, 6.07) is 0.458. The molecule has 2 N–H and O–H groups in total. The summed E-state index contributed by atoms with van der Waals surface area (Å²) in [5, 5.41) is 6.09. The number of carbonyl (C=O) groups is 1. The number of nitrogens with one attached hydrogen (secondary N) is 2. The summed E-state index contributed by atoms with van der Waals surface area (Å²) in [6.07, 6.45) is 2.43. The molecule has 0 aromatic heterocycles. The molecule has 1 aliphatic rings. The van der Waals surface area contributed by atoms with Crippen molar-refractivity contribution in [2.45, 2.75) is 38.8 Å². The van der Waals surface area contributed by atoms with E-state index in [1.165, 1.54) is 0 Å². The van der Waals surface area contributed by atoms with Crippen molar-refractivity contribution >= 4 is 5.91 Å². The molecule has 88 valence electrons. The van der Waals surface area contributed by atoms with E-state index in [1.807, 2.05) is 0 Å². The van der Waals surface area contributed by atoms with Crippen molar-refractivity contribution in [2.75, 3.05) is 20.2 Å². The number of ether oxygens (including phenoxy) is 1. The molecule has 0 aromatic rings. The third kappa shape index (κ3) is 4.62. The first-order chi connectivity index (χ1) is 7.11. The van der Waals surface area contributed by atoms with Crippen molar-refractivity contribution in [1.82, 2.24) is 10.6 Å². The van der Waals surface area contributed by atoms with Crippen LogP contribution in [0.2, 0.25) is 0 Å². The number of hydrogen-bond acceptors (Lipinski definition) is 3. The Bertz CT molecular complexity index is 201. The van der Waals surface area contributed by atoms with Gasteiger partial charge < -0.3 is 15.4 Å². The lowest BCUT2D eigenvalue weighted by Crippen LogP contribution is -2.48. The van der Waals surface area contributed by atoms with Crippen LogP contribution < -0.4 is 10.6 Å². The minimum absolute atomic E-state index is 0.0876. The quantitative estimate of drug-likeness (QED) is 0.678. The second-order valence-corrected chi connectivity index (χ2v) is 4.60. The van der Waals surface area contributed by atoms with E-state index in [-0.39, 0.29) is 5.91 Å². The lowest BCUT2D eigenvalue weighted by Gasteiger charge is -2.34. The highest BCUT2D eigenvalue weighted by atomic mass is 16.5. The molecule has 1 saturated carbocycles. The lowest BCUT2D eigenvalue weighted by molar-refractivity contribution is -0.120. The van der Waals surface area contributed by atoms with E-state index in [0.29, 0.717) is 24.6 Å². The van der Waals surface area contributed by atoms with E-state index in [9.17, 15) is 4.79 Å². The zero-order valence-electron chi connectivity index (χ0n) is 9.88. The van der Waals surface area contributed by atoms with Crippen molar-refractivity contribution in [1.29, 1.82) is 0 Å². The smallest absolute Gasteiger partial charge is 0.233 e. The molecule has 4 heteroatoms. The fraction of sp³-hybridized carbons (Fsp3) is 0.909. The van der Waals surface area contributed by atoms with Gasteiger partial charge in [-0.2, -0.15) is 0 Å². The third-order valence-corrected chi connectivity index (χ3v) is 2.69. The molecular weight excluding hydrogens is 192 g/mol. The second kappa shape index (κ2) is 6.08. The van der Waals surface area contributed by atoms with E-state index < -0.39 is 0 Å². The summed E-state index contributed by atoms with van der Waals surface area (Å²) in [5.41, 5.74) is 0. The fourth-order valence-electron chi connectivity index (χ4n) is 1.54. The van der Waals surface area contributed by atoms with Gasteiger partial charge in [0.2, 0.25) is 5.91 Å². The van der Waals surface area contributed by atoms with E-state index in [2.05, 4.69) is 24.5 Å². The van der Waals surface area contributed by atoms with Gasteiger partial charge in [0.15, 0.2) is 0 Å². The molecule has 1 fully saturated rings. The Balaban J connectivity index is 1.98. The Kier molecular flexibility index (Phi) is 5.05. The molecule has 0 unspecified atom stereocenters. The molecular formula is C11H22N2O2. The van der Waals surface area contributed by atoms with Gasteiger partial charge >= 0.3 is 0 Å². The second-order valence-electron chi connectivity index (χ2n) is 4.60. The molecule has 0 radical (unpaired) electrons. The monoisotopic (exact) mass is 214 g/mol. The Morgan fingerprint density at radius 1 is 1.47 bits per heavy atom. The van der Waals surface area contributed by atoms with Crippen LogP contribution in [0.1, 0.15) is 26.7 Å². The first-order valence-electron chi connectivity index (χ1n) is 5.64. The third-order valence-electron chi connectivity index (χ3n) is 2.69. The molecule has 0 spiro atoms. The van der Waals surface area contributed by atoms with Crippen LogP contribution in [0.4, 0.5) is 0 Å². The molecule has 0 bridgehead atoms. The zero-order chi connectivity index (χ0) is 11.3. The standard InChI is InChI=1S/C11H22N2O2/c1-8(2)6-13-11(14)7-12-9-4-10(5-9)15-3/h8-10,12H,4-7H2,1-3H3,(H,13,14). The minimum atomic E-state index is 0.0876. The van der Waals surface area contributed by atoms with Gasteiger partial charge in [-0.15, -0.1) is 0 Å².